The van der Waals surface area contributed by atoms with Gasteiger partial charge in [-0.15, -0.1) is 0 Å². The molecule has 0 aliphatic carbocycles. The number of hydrogen-bond donors (Lipinski definition) is 0. The molecule has 1 unspecified atom stereocenters. The molecule has 0 rings (SSSR count). The van der Waals surface area contributed by atoms with E-state index in [1.165, 1.54) is 12.8 Å². The second-order valence-corrected chi connectivity index (χ2v) is 5.50. The summed E-state index contributed by atoms with van der Waals surface area (Å²) in [5.74, 6) is -0.215. The lowest BCUT2D eigenvalue weighted by Gasteiger charge is -2.14. The average molecular weight is 349 g/mol. The molecule has 3 nitrogen and oxygen atoms in total. The lowest BCUT2D eigenvalue weighted by molar-refractivity contribution is -0.157. The number of unbranched alkanes of at least 4 members (excludes halogenated alkanes) is 3. The van der Waals surface area contributed by atoms with Crippen molar-refractivity contribution in [3.63, 3.8) is 0 Å². The second-order valence-electron chi connectivity index (χ2n) is 4.71. The molecule has 0 aromatic rings. The molecule has 0 spiro atoms. The van der Waals surface area contributed by atoms with Crippen molar-refractivity contribution in [3.8, 4) is 0 Å². The first-order valence-corrected chi connectivity index (χ1v) is 8.87. The van der Waals surface area contributed by atoms with E-state index in [1.54, 1.807) is 0 Å². The zero-order chi connectivity index (χ0) is 15.1. The third-order valence-corrected chi connectivity index (χ3v) is 3.47. The van der Waals surface area contributed by atoms with Crippen LogP contribution in [0, 0.1) is 0 Å². The molecule has 0 bridgehead atoms. The van der Waals surface area contributed by atoms with Gasteiger partial charge in [0.1, 0.15) is 0 Å². The quantitative estimate of drug-likeness (QED) is 0.210. The van der Waals surface area contributed by atoms with E-state index in [9.17, 15) is 4.79 Å². The highest BCUT2D eigenvalue weighted by molar-refractivity contribution is 9.09. The van der Waals surface area contributed by atoms with Crippen molar-refractivity contribution in [3.05, 3.63) is 12.2 Å². The molecule has 0 saturated carbocycles. The van der Waals surface area contributed by atoms with Crippen LogP contribution in [-0.4, -0.2) is 30.6 Å². The molecule has 0 N–H and O–H groups in total. The Morgan fingerprint density at radius 3 is 2.50 bits per heavy atom. The van der Waals surface area contributed by atoms with Gasteiger partial charge >= 0.3 is 5.97 Å². The van der Waals surface area contributed by atoms with Crippen LogP contribution in [0.4, 0.5) is 0 Å². The van der Waals surface area contributed by atoms with Crippen LogP contribution in [0.1, 0.15) is 58.8 Å². The van der Waals surface area contributed by atoms with Crippen molar-refractivity contribution in [2.45, 2.75) is 64.9 Å². The van der Waals surface area contributed by atoms with Gasteiger partial charge in [-0.3, -0.25) is 0 Å². The van der Waals surface area contributed by atoms with Gasteiger partial charge in [0.15, 0.2) is 6.10 Å². The van der Waals surface area contributed by atoms with Crippen LogP contribution in [0.25, 0.3) is 0 Å². The van der Waals surface area contributed by atoms with Crippen molar-refractivity contribution < 1.29 is 14.3 Å². The van der Waals surface area contributed by atoms with Crippen molar-refractivity contribution in [1.82, 2.24) is 0 Å². The Bertz CT molecular complexity index is 254. The molecular formula is C16H29BrO3. The lowest BCUT2D eigenvalue weighted by atomic mass is 10.2. The Hall–Kier alpha value is -0.350. The van der Waals surface area contributed by atoms with Gasteiger partial charge in [-0.25, -0.2) is 4.79 Å². The van der Waals surface area contributed by atoms with E-state index < -0.39 is 6.10 Å². The van der Waals surface area contributed by atoms with Crippen LogP contribution in [-0.2, 0) is 14.3 Å². The van der Waals surface area contributed by atoms with Crippen LogP contribution in [0.2, 0.25) is 0 Å². The number of carbonyl (C=O) groups is 1. The number of esters is 1. The van der Waals surface area contributed by atoms with E-state index in [4.69, 9.17) is 9.47 Å². The highest BCUT2D eigenvalue weighted by atomic mass is 79.9. The third kappa shape index (κ3) is 11.5. The van der Waals surface area contributed by atoms with E-state index in [-0.39, 0.29) is 5.97 Å². The van der Waals surface area contributed by atoms with Gasteiger partial charge in [0.05, 0.1) is 13.2 Å². The summed E-state index contributed by atoms with van der Waals surface area (Å²) in [6.45, 7) is 5.14. The van der Waals surface area contributed by atoms with Crippen LogP contribution >= 0.6 is 15.9 Å². The van der Waals surface area contributed by atoms with Crippen LogP contribution in [0.15, 0.2) is 12.2 Å². The molecule has 0 aliphatic rings. The Balaban J connectivity index is 3.66. The monoisotopic (exact) mass is 348 g/mol. The minimum atomic E-state index is -0.410. The first-order chi connectivity index (χ1) is 9.76. The predicted octanol–water partition coefficient (Wildman–Crippen LogP) is 4.64. The van der Waals surface area contributed by atoms with E-state index in [1.807, 2.05) is 6.92 Å². The molecule has 4 heteroatoms. The number of carbonyl (C=O) groups excluding carboxylic acids is 1. The maximum atomic E-state index is 11.8. The molecule has 0 fully saturated rings. The van der Waals surface area contributed by atoms with Gasteiger partial charge in [-0.05, 0) is 32.1 Å². The Morgan fingerprint density at radius 2 is 1.85 bits per heavy atom. The minimum absolute atomic E-state index is 0.215. The summed E-state index contributed by atoms with van der Waals surface area (Å²) >= 11 is 3.40. The van der Waals surface area contributed by atoms with Crippen molar-refractivity contribution in [2.75, 3.05) is 18.5 Å². The zero-order valence-corrected chi connectivity index (χ0v) is 14.5. The predicted molar refractivity (Wildman–Crippen MR) is 87.3 cm³/mol. The lowest BCUT2D eigenvalue weighted by Crippen LogP contribution is -2.26. The van der Waals surface area contributed by atoms with Crippen LogP contribution in [0.3, 0.4) is 0 Å². The van der Waals surface area contributed by atoms with E-state index in [0.717, 1.165) is 31.0 Å². The molecule has 118 valence electrons. The molecule has 0 amide bonds. The van der Waals surface area contributed by atoms with Gasteiger partial charge in [0, 0.05) is 5.33 Å². The molecule has 0 heterocycles. The summed E-state index contributed by atoms with van der Waals surface area (Å²) in [6, 6.07) is 0. The number of alkyl halides is 1. The molecule has 0 aliphatic heterocycles. The SMILES string of the molecule is CC/C=C\CCOC(CC)C(=O)OCCCCCCBr. The Kier molecular flexibility index (Phi) is 14.8. The largest absolute Gasteiger partial charge is 0.464 e. The third-order valence-electron chi connectivity index (χ3n) is 2.91. The van der Waals surface area contributed by atoms with Gasteiger partial charge < -0.3 is 9.47 Å². The molecule has 0 radical (unpaired) electrons. The topological polar surface area (TPSA) is 35.5 Å². The number of halogens is 1. The number of rotatable bonds is 13. The molecule has 20 heavy (non-hydrogen) atoms. The number of allylic oxidation sites excluding steroid dienone is 1. The maximum absolute atomic E-state index is 11.8. The second kappa shape index (κ2) is 15.0. The Labute approximate surface area is 132 Å². The van der Waals surface area contributed by atoms with Gasteiger partial charge in [0.25, 0.3) is 0 Å². The molecule has 0 aromatic heterocycles. The molecule has 0 aromatic carbocycles. The van der Waals surface area contributed by atoms with Crippen LogP contribution < -0.4 is 0 Å². The molecular weight excluding hydrogens is 320 g/mol. The van der Waals surface area contributed by atoms with E-state index >= 15 is 0 Å². The van der Waals surface area contributed by atoms with Crippen molar-refractivity contribution in [2.24, 2.45) is 0 Å². The summed E-state index contributed by atoms with van der Waals surface area (Å²) in [6.07, 6.45) is 10.7. The van der Waals surface area contributed by atoms with E-state index in [2.05, 4.69) is 35.0 Å². The fraction of sp³-hybridized carbons (Fsp3) is 0.812. The standard InChI is InChI=1S/C16H29BrO3/c1-3-5-6-10-13-19-15(4-2)16(18)20-14-11-8-7-9-12-17/h5-6,15H,3-4,7-14H2,1-2H3/b6-5-. The number of ether oxygens (including phenoxy) is 2. The van der Waals surface area contributed by atoms with Gasteiger partial charge in [-0.2, -0.15) is 0 Å². The maximum Gasteiger partial charge on any atom is 0.335 e. The normalized spacial score (nSPS) is 12.8. The van der Waals surface area contributed by atoms with Crippen molar-refractivity contribution in [1.29, 1.82) is 0 Å². The minimum Gasteiger partial charge on any atom is -0.464 e. The number of hydrogen-bond acceptors (Lipinski definition) is 3. The summed E-state index contributed by atoms with van der Waals surface area (Å²) in [5, 5.41) is 1.05. The fourth-order valence-corrected chi connectivity index (χ4v) is 2.13. The highest BCUT2D eigenvalue weighted by Gasteiger charge is 2.17. The van der Waals surface area contributed by atoms with Crippen molar-refractivity contribution >= 4 is 21.9 Å². The average Bonchev–Trinajstić information content (AvgIpc) is 2.46. The highest BCUT2D eigenvalue weighted by Crippen LogP contribution is 2.06. The first kappa shape index (κ1) is 19.7. The Morgan fingerprint density at radius 1 is 1.10 bits per heavy atom. The first-order valence-electron chi connectivity index (χ1n) is 7.75. The zero-order valence-electron chi connectivity index (χ0n) is 12.9. The summed E-state index contributed by atoms with van der Waals surface area (Å²) < 4.78 is 10.8. The fourth-order valence-electron chi connectivity index (χ4n) is 1.73. The molecule has 0 saturated heterocycles. The van der Waals surface area contributed by atoms with E-state index in [0.29, 0.717) is 19.6 Å². The summed E-state index contributed by atoms with van der Waals surface area (Å²) in [4.78, 5) is 11.8. The molecule has 1 atom stereocenters. The smallest absolute Gasteiger partial charge is 0.335 e. The van der Waals surface area contributed by atoms with Crippen LogP contribution in [0.5, 0.6) is 0 Å². The van der Waals surface area contributed by atoms with Gasteiger partial charge in [0.2, 0.25) is 0 Å². The van der Waals surface area contributed by atoms with Gasteiger partial charge in [-0.1, -0.05) is 54.8 Å². The summed E-state index contributed by atoms with van der Waals surface area (Å²) in [5.41, 5.74) is 0. The summed E-state index contributed by atoms with van der Waals surface area (Å²) in [7, 11) is 0.